The quantitative estimate of drug-likeness (QED) is 0.809. The number of H-pyrrole nitrogens is 1. The lowest BCUT2D eigenvalue weighted by Crippen LogP contribution is -2.31. The van der Waals surface area contributed by atoms with E-state index in [2.05, 4.69) is 35.6 Å². The molecule has 0 fully saturated rings. The number of nitrogens with zero attached hydrogens (tertiary/aromatic N) is 2. The summed E-state index contributed by atoms with van der Waals surface area (Å²) in [6.07, 6.45) is 1.41. The fraction of sp³-hybridized carbons (Fsp3) is 0.385. The number of aromatic nitrogens is 2. The van der Waals surface area contributed by atoms with Crippen LogP contribution in [0.5, 0.6) is 0 Å². The molecule has 0 aliphatic rings. The molecule has 5 heteroatoms. The number of hydrogen-bond donors (Lipinski definition) is 2. The van der Waals surface area contributed by atoms with Crippen LogP contribution in [0.1, 0.15) is 20.8 Å². The van der Waals surface area contributed by atoms with Gasteiger partial charge < -0.3 is 15.6 Å². The van der Waals surface area contributed by atoms with Crippen LogP contribution < -0.4 is 16.2 Å². The van der Waals surface area contributed by atoms with Crippen molar-refractivity contribution in [3.8, 4) is 0 Å². The Hall–Kier alpha value is -2.04. The van der Waals surface area contributed by atoms with Gasteiger partial charge in [-0.05, 0) is 32.9 Å². The molecule has 1 aromatic heterocycles. The number of anilines is 2. The highest BCUT2D eigenvalue weighted by molar-refractivity contribution is 5.88. The standard InChI is InChI=1S/C13H18N4O/c1-4-17(8(2)3)12-6-11-9(5-10(12)14)13(18)16-7-15-11/h5-8H,4,14H2,1-3H3,(H,15,16,18). The zero-order chi connectivity index (χ0) is 13.3. The Morgan fingerprint density at radius 2 is 2.17 bits per heavy atom. The van der Waals surface area contributed by atoms with E-state index in [1.807, 2.05) is 6.07 Å². The van der Waals surface area contributed by atoms with E-state index < -0.39 is 0 Å². The molecule has 0 aliphatic heterocycles. The van der Waals surface area contributed by atoms with E-state index in [-0.39, 0.29) is 5.56 Å². The Balaban J connectivity index is 2.66. The van der Waals surface area contributed by atoms with Crippen molar-refractivity contribution in [2.24, 2.45) is 0 Å². The summed E-state index contributed by atoms with van der Waals surface area (Å²) in [5.74, 6) is 0. The molecule has 0 spiro atoms. The minimum atomic E-state index is -0.161. The Labute approximate surface area is 106 Å². The molecule has 3 N–H and O–H groups in total. The largest absolute Gasteiger partial charge is 0.397 e. The van der Waals surface area contributed by atoms with Gasteiger partial charge in [-0.1, -0.05) is 0 Å². The van der Waals surface area contributed by atoms with Gasteiger partial charge in [0.25, 0.3) is 5.56 Å². The molecule has 1 aromatic carbocycles. The molecular formula is C13H18N4O. The number of benzene rings is 1. The Kier molecular flexibility index (Phi) is 3.23. The van der Waals surface area contributed by atoms with Crippen LogP contribution in [0.25, 0.3) is 10.9 Å². The predicted molar refractivity (Wildman–Crippen MR) is 74.9 cm³/mol. The van der Waals surface area contributed by atoms with Gasteiger partial charge in [-0.3, -0.25) is 4.79 Å². The van der Waals surface area contributed by atoms with Crippen LogP contribution in [-0.2, 0) is 0 Å². The van der Waals surface area contributed by atoms with Gasteiger partial charge in [0.15, 0.2) is 0 Å². The lowest BCUT2D eigenvalue weighted by atomic mass is 10.1. The average molecular weight is 246 g/mol. The molecule has 0 bridgehead atoms. The first-order chi connectivity index (χ1) is 8.54. The minimum absolute atomic E-state index is 0.161. The molecule has 2 rings (SSSR count). The normalized spacial score (nSPS) is 11.1. The van der Waals surface area contributed by atoms with E-state index >= 15 is 0 Å². The lowest BCUT2D eigenvalue weighted by Gasteiger charge is -2.28. The molecule has 5 nitrogen and oxygen atoms in total. The highest BCUT2D eigenvalue weighted by Crippen LogP contribution is 2.28. The SMILES string of the molecule is CCN(c1cc2nc[nH]c(=O)c2cc1N)C(C)C. The van der Waals surface area contributed by atoms with Crippen LogP contribution in [-0.4, -0.2) is 22.6 Å². The van der Waals surface area contributed by atoms with Crippen molar-refractivity contribution in [3.63, 3.8) is 0 Å². The number of hydrogen-bond acceptors (Lipinski definition) is 4. The van der Waals surface area contributed by atoms with E-state index in [0.717, 1.165) is 12.2 Å². The summed E-state index contributed by atoms with van der Waals surface area (Å²) >= 11 is 0. The maximum atomic E-state index is 11.7. The van der Waals surface area contributed by atoms with E-state index in [0.29, 0.717) is 22.6 Å². The molecule has 0 unspecified atom stereocenters. The van der Waals surface area contributed by atoms with Gasteiger partial charge in [-0.2, -0.15) is 0 Å². The summed E-state index contributed by atoms with van der Waals surface area (Å²) in [6, 6.07) is 3.92. The summed E-state index contributed by atoms with van der Waals surface area (Å²) in [6.45, 7) is 7.15. The van der Waals surface area contributed by atoms with Crippen LogP contribution >= 0.6 is 0 Å². The third-order valence-electron chi connectivity index (χ3n) is 3.06. The first kappa shape index (κ1) is 12.4. The van der Waals surface area contributed by atoms with Gasteiger partial charge in [0.2, 0.25) is 0 Å². The van der Waals surface area contributed by atoms with E-state index in [9.17, 15) is 4.79 Å². The summed E-state index contributed by atoms with van der Waals surface area (Å²) in [4.78, 5) is 20.6. The Bertz CT molecular complexity index is 618. The molecule has 18 heavy (non-hydrogen) atoms. The Morgan fingerprint density at radius 3 is 2.78 bits per heavy atom. The number of nitrogens with two attached hydrogens (primary N) is 1. The van der Waals surface area contributed by atoms with Crippen molar-refractivity contribution in [3.05, 3.63) is 28.8 Å². The second-order valence-electron chi connectivity index (χ2n) is 4.54. The number of fused-ring (bicyclic) bond motifs is 1. The number of nitrogen functional groups attached to an aromatic ring is 1. The number of aromatic amines is 1. The monoisotopic (exact) mass is 246 g/mol. The topological polar surface area (TPSA) is 75.0 Å². The summed E-state index contributed by atoms with van der Waals surface area (Å²) < 4.78 is 0. The van der Waals surface area contributed by atoms with Gasteiger partial charge in [-0.15, -0.1) is 0 Å². The molecular weight excluding hydrogens is 228 g/mol. The third-order valence-corrected chi connectivity index (χ3v) is 3.06. The first-order valence-electron chi connectivity index (χ1n) is 6.08. The highest BCUT2D eigenvalue weighted by atomic mass is 16.1. The van der Waals surface area contributed by atoms with Gasteiger partial charge in [0.05, 0.1) is 28.6 Å². The molecule has 0 saturated heterocycles. The first-order valence-corrected chi connectivity index (χ1v) is 6.08. The molecule has 0 saturated carbocycles. The van der Waals surface area contributed by atoms with Crippen molar-refractivity contribution in [2.75, 3.05) is 17.2 Å². The average Bonchev–Trinajstić information content (AvgIpc) is 2.31. The summed E-state index contributed by atoms with van der Waals surface area (Å²) in [5, 5.41) is 0.526. The van der Waals surface area contributed by atoms with Crippen LogP contribution in [0.15, 0.2) is 23.3 Å². The molecule has 0 radical (unpaired) electrons. The van der Waals surface area contributed by atoms with Gasteiger partial charge in [0.1, 0.15) is 0 Å². The Morgan fingerprint density at radius 1 is 1.44 bits per heavy atom. The smallest absolute Gasteiger partial charge is 0.258 e. The van der Waals surface area contributed by atoms with Crippen molar-refractivity contribution >= 4 is 22.3 Å². The van der Waals surface area contributed by atoms with E-state index in [1.54, 1.807) is 6.07 Å². The predicted octanol–water partition coefficient (Wildman–Crippen LogP) is 1.74. The lowest BCUT2D eigenvalue weighted by molar-refractivity contribution is 0.705. The van der Waals surface area contributed by atoms with Crippen molar-refractivity contribution in [1.29, 1.82) is 0 Å². The zero-order valence-electron chi connectivity index (χ0n) is 10.9. The third kappa shape index (κ3) is 2.03. The second kappa shape index (κ2) is 4.68. The second-order valence-corrected chi connectivity index (χ2v) is 4.54. The molecule has 0 aliphatic carbocycles. The molecule has 1 heterocycles. The van der Waals surface area contributed by atoms with Crippen LogP contribution in [0.4, 0.5) is 11.4 Å². The summed E-state index contributed by atoms with van der Waals surface area (Å²) in [5.41, 5.74) is 8.09. The molecule has 0 amide bonds. The van der Waals surface area contributed by atoms with Crippen LogP contribution in [0, 0.1) is 0 Å². The van der Waals surface area contributed by atoms with E-state index in [4.69, 9.17) is 5.73 Å². The van der Waals surface area contributed by atoms with Crippen molar-refractivity contribution in [1.82, 2.24) is 9.97 Å². The molecule has 0 atom stereocenters. The summed E-state index contributed by atoms with van der Waals surface area (Å²) in [7, 11) is 0. The van der Waals surface area contributed by atoms with Gasteiger partial charge in [0, 0.05) is 12.6 Å². The number of rotatable bonds is 3. The van der Waals surface area contributed by atoms with Crippen molar-refractivity contribution < 1.29 is 0 Å². The van der Waals surface area contributed by atoms with E-state index in [1.165, 1.54) is 6.33 Å². The molecule has 96 valence electrons. The number of nitrogens with one attached hydrogen (secondary N) is 1. The minimum Gasteiger partial charge on any atom is -0.397 e. The van der Waals surface area contributed by atoms with Gasteiger partial charge in [-0.25, -0.2) is 4.98 Å². The van der Waals surface area contributed by atoms with Crippen LogP contribution in [0.2, 0.25) is 0 Å². The fourth-order valence-electron chi connectivity index (χ4n) is 2.18. The fourth-order valence-corrected chi connectivity index (χ4v) is 2.18. The van der Waals surface area contributed by atoms with Gasteiger partial charge >= 0.3 is 0 Å². The van der Waals surface area contributed by atoms with Crippen molar-refractivity contribution in [2.45, 2.75) is 26.8 Å². The highest BCUT2D eigenvalue weighted by Gasteiger charge is 2.13. The molecule has 2 aromatic rings. The maximum absolute atomic E-state index is 11.7. The zero-order valence-corrected chi connectivity index (χ0v) is 10.9. The van der Waals surface area contributed by atoms with Crippen LogP contribution in [0.3, 0.4) is 0 Å². The maximum Gasteiger partial charge on any atom is 0.258 e.